The van der Waals surface area contributed by atoms with Gasteiger partial charge in [-0.3, -0.25) is 0 Å². The lowest BCUT2D eigenvalue weighted by Gasteiger charge is -2.18. The molecule has 0 radical (unpaired) electrons. The van der Waals surface area contributed by atoms with Gasteiger partial charge in [-0.2, -0.15) is 4.98 Å². The molecule has 0 saturated heterocycles. The van der Waals surface area contributed by atoms with E-state index >= 15 is 0 Å². The molecule has 1 rings (SSSR count). The van der Waals surface area contributed by atoms with Crippen LogP contribution in [0.5, 0.6) is 0 Å². The van der Waals surface area contributed by atoms with Crippen LogP contribution >= 0.6 is 0 Å². The van der Waals surface area contributed by atoms with E-state index in [-0.39, 0.29) is 12.0 Å². The first kappa shape index (κ1) is 16.1. The van der Waals surface area contributed by atoms with E-state index in [4.69, 9.17) is 9.26 Å². The molecule has 1 aromatic heterocycles. The molecule has 0 amide bonds. The Labute approximate surface area is 116 Å². The molecule has 3 unspecified atom stereocenters. The van der Waals surface area contributed by atoms with Gasteiger partial charge < -0.3 is 14.6 Å². The van der Waals surface area contributed by atoms with Crippen molar-refractivity contribution in [2.45, 2.75) is 59.1 Å². The second-order valence-corrected chi connectivity index (χ2v) is 5.20. The highest BCUT2D eigenvalue weighted by Crippen LogP contribution is 2.26. The molecule has 5 nitrogen and oxygen atoms in total. The van der Waals surface area contributed by atoms with Gasteiger partial charge in [0.25, 0.3) is 0 Å². The number of ether oxygens (including phenoxy) is 1. The first-order valence-electron chi connectivity index (χ1n) is 7.17. The van der Waals surface area contributed by atoms with E-state index < -0.39 is 0 Å². The summed E-state index contributed by atoms with van der Waals surface area (Å²) in [6, 6.07) is 0.345. The molecule has 1 aromatic rings. The number of aromatic nitrogens is 2. The van der Waals surface area contributed by atoms with Crippen LogP contribution in [0.15, 0.2) is 4.52 Å². The molecular formula is C14H27N3O2. The standard InChI is InChI=1S/C14H27N3O2/c1-7-11(15-6)10(5)14-16-13(17-19-14)12(9(3)4)18-8-2/h9-12,15H,7-8H2,1-6H3. The van der Waals surface area contributed by atoms with Gasteiger partial charge in [-0.15, -0.1) is 0 Å². The number of nitrogens with zero attached hydrogens (tertiary/aromatic N) is 2. The van der Waals surface area contributed by atoms with Crippen molar-refractivity contribution in [2.75, 3.05) is 13.7 Å². The van der Waals surface area contributed by atoms with Crippen LogP contribution in [0.3, 0.4) is 0 Å². The van der Waals surface area contributed by atoms with Gasteiger partial charge in [0.05, 0.1) is 5.92 Å². The smallest absolute Gasteiger partial charge is 0.231 e. The average molecular weight is 269 g/mol. The molecule has 0 aliphatic heterocycles. The SMILES string of the molecule is CCOC(c1noc(C(C)C(CC)NC)n1)C(C)C. The third-order valence-corrected chi connectivity index (χ3v) is 3.47. The Morgan fingerprint density at radius 3 is 2.42 bits per heavy atom. The van der Waals surface area contributed by atoms with Crippen molar-refractivity contribution in [2.24, 2.45) is 5.92 Å². The van der Waals surface area contributed by atoms with Gasteiger partial charge in [0.1, 0.15) is 6.10 Å². The van der Waals surface area contributed by atoms with Crippen molar-refractivity contribution < 1.29 is 9.26 Å². The maximum atomic E-state index is 5.70. The van der Waals surface area contributed by atoms with Crippen molar-refractivity contribution in [3.05, 3.63) is 11.7 Å². The summed E-state index contributed by atoms with van der Waals surface area (Å²) in [7, 11) is 1.96. The summed E-state index contributed by atoms with van der Waals surface area (Å²) in [6.07, 6.45) is 0.929. The van der Waals surface area contributed by atoms with Crippen molar-refractivity contribution in [3.63, 3.8) is 0 Å². The Kier molecular flexibility index (Phi) is 6.45. The second kappa shape index (κ2) is 7.60. The molecular weight excluding hydrogens is 242 g/mol. The highest BCUT2D eigenvalue weighted by Gasteiger charge is 2.26. The maximum absolute atomic E-state index is 5.70. The summed E-state index contributed by atoms with van der Waals surface area (Å²) in [5.41, 5.74) is 0. The molecule has 0 fully saturated rings. The quantitative estimate of drug-likeness (QED) is 0.786. The van der Waals surface area contributed by atoms with Gasteiger partial charge in [-0.1, -0.05) is 32.9 Å². The van der Waals surface area contributed by atoms with Crippen LogP contribution in [-0.2, 0) is 4.74 Å². The molecule has 19 heavy (non-hydrogen) atoms. The van der Waals surface area contributed by atoms with Gasteiger partial charge in [0.2, 0.25) is 11.7 Å². The molecule has 3 atom stereocenters. The Bertz CT molecular complexity index is 361. The van der Waals surface area contributed by atoms with E-state index in [9.17, 15) is 0 Å². The normalized spacial score (nSPS) is 16.6. The van der Waals surface area contributed by atoms with E-state index in [2.05, 4.69) is 43.2 Å². The molecule has 0 aliphatic carbocycles. The zero-order chi connectivity index (χ0) is 14.4. The lowest BCUT2D eigenvalue weighted by atomic mass is 10.00. The fraction of sp³-hybridized carbons (Fsp3) is 0.857. The summed E-state index contributed by atoms with van der Waals surface area (Å²) in [4.78, 5) is 4.52. The zero-order valence-electron chi connectivity index (χ0n) is 12.9. The molecule has 0 saturated carbocycles. The molecule has 0 bridgehead atoms. The molecule has 110 valence electrons. The molecule has 5 heteroatoms. The first-order valence-corrected chi connectivity index (χ1v) is 7.17. The Morgan fingerprint density at radius 2 is 1.95 bits per heavy atom. The topological polar surface area (TPSA) is 60.2 Å². The summed E-state index contributed by atoms with van der Waals surface area (Å²) in [5.74, 6) is 1.86. The number of likely N-dealkylation sites (N-methyl/N-ethyl adjacent to an activating group) is 1. The van der Waals surface area contributed by atoms with Crippen LogP contribution in [-0.4, -0.2) is 29.8 Å². The summed E-state index contributed by atoms with van der Waals surface area (Å²) < 4.78 is 11.1. The van der Waals surface area contributed by atoms with Crippen LogP contribution in [0.4, 0.5) is 0 Å². The number of nitrogens with one attached hydrogen (secondary N) is 1. The van der Waals surface area contributed by atoms with E-state index in [1.165, 1.54) is 0 Å². The Morgan fingerprint density at radius 1 is 1.26 bits per heavy atom. The number of hydrogen-bond acceptors (Lipinski definition) is 5. The van der Waals surface area contributed by atoms with E-state index in [1.54, 1.807) is 0 Å². The Balaban J connectivity index is 2.85. The van der Waals surface area contributed by atoms with Crippen LogP contribution in [0.25, 0.3) is 0 Å². The average Bonchev–Trinajstić information content (AvgIpc) is 2.86. The molecule has 0 aliphatic rings. The van der Waals surface area contributed by atoms with Gasteiger partial charge in [0.15, 0.2) is 0 Å². The van der Waals surface area contributed by atoms with E-state index in [0.717, 1.165) is 6.42 Å². The number of hydrogen-bond donors (Lipinski definition) is 1. The molecule has 1 heterocycles. The summed E-state index contributed by atoms with van der Waals surface area (Å²) in [6.45, 7) is 11.1. The predicted molar refractivity (Wildman–Crippen MR) is 75.1 cm³/mol. The minimum absolute atomic E-state index is 0.0932. The zero-order valence-corrected chi connectivity index (χ0v) is 12.9. The van der Waals surface area contributed by atoms with Crippen LogP contribution in [0.1, 0.15) is 64.8 Å². The van der Waals surface area contributed by atoms with Crippen LogP contribution in [0.2, 0.25) is 0 Å². The monoisotopic (exact) mass is 269 g/mol. The summed E-state index contributed by atoms with van der Waals surface area (Å²) >= 11 is 0. The highest BCUT2D eigenvalue weighted by molar-refractivity contribution is 4.99. The predicted octanol–water partition coefficient (Wildman–Crippen LogP) is 2.90. The van der Waals surface area contributed by atoms with Crippen molar-refractivity contribution in [1.82, 2.24) is 15.5 Å². The van der Waals surface area contributed by atoms with Gasteiger partial charge in [-0.25, -0.2) is 0 Å². The summed E-state index contributed by atoms with van der Waals surface area (Å²) in [5, 5.41) is 7.37. The molecule has 0 aromatic carbocycles. The van der Waals surface area contributed by atoms with Gasteiger partial charge in [0, 0.05) is 12.6 Å². The van der Waals surface area contributed by atoms with Crippen LogP contribution < -0.4 is 5.32 Å². The Hall–Kier alpha value is -0.940. The van der Waals surface area contributed by atoms with E-state index in [1.807, 2.05) is 14.0 Å². The lowest BCUT2D eigenvalue weighted by Crippen LogP contribution is -2.30. The van der Waals surface area contributed by atoms with Crippen LogP contribution in [0, 0.1) is 5.92 Å². The van der Waals surface area contributed by atoms with Crippen molar-refractivity contribution in [3.8, 4) is 0 Å². The fourth-order valence-corrected chi connectivity index (χ4v) is 2.27. The minimum atomic E-state index is -0.0932. The highest BCUT2D eigenvalue weighted by atomic mass is 16.5. The molecule has 1 N–H and O–H groups in total. The van der Waals surface area contributed by atoms with Gasteiger partial charge >= 0.3 is 0 Å². The molecule has 0 spiro atoms. The lowest BCUT2D eigenvalue weighted by molar-refractivity contribution is 0.0217. The maximum Gasteiger partial charge on any atom is 0.231 e. The van der Waals surface area contributed by atoms with E-state index in [0.29, 0.717) is 30.3 Å². The first-order chi connectivity index (χ1) is 9.04. The number of rotatable bonds is 8. The minimum Gasteiger partial charge on any atom is -0.370 e. The largest absolute Gasteiger partial charge is 0.370 e. The third-order valence-electron chi connectivity index (χ3n) is 3.47. The van der Waals surface area contributed by atoms with Gasteiger partial charge in [-0.05, 0) is 26.3 Å². The van der Waals surface area contributed by atoms with Crippen molar-refractivity contribution >= 4 is 0 Å². The van der Waals surface area contributed by atoms with Crippen molar-refractivity contribution in [1.29, 1.82) is 0 Å². The third kappa shape index (κ3) is 4.01. The second-order valence-electron chi connectivity index (χ2n) is 5.20. The fourth-order valence-electron chi connectivity index (χ4n) is 2.27.